The van der Waals surface area contributed by atoms with E-state index in [4.69, 9.17) is 10.8 Å². The van der Waals surface area contributed by atoms with Crippen LogP contribution in [0.1, 0.15) is 0 Å². The van der Waals surface area contributed by atoms with Crippen molar-refractivity contribution in [2.75, 3.05) is 6.54 Å². The fourth-order valence-electron chi connectivity index (χ4n) is 0.625. The molecule has 0 bridgehead atoms. The molecular weight excluding hydrogens is 108 g/mol. The summed E-state index contributed by atoms with van der Waals surface area (Å²) < 4.78 is 0. The van der Waals surface area contributed by atoms with E-state index in [0.717, 1.165) is 0 Å². The molecule has 0 aliphatic carbocycles. The van der Waals surface area contributed by atoms with Gasteiger partial charge in [-0.15, -0.1) is 0 Å². The van der Waals surface area contributed by atoms with E-state index in [0.29, 0.717) is 6.54 Å². The largest absolute Gasteiger partial charge is 0.389 e. The van der Waals surface area contributed by atoms with Crippen molar-refractivity contribution < 1.29 is 9.90 Å². The highest BCUT2D eigenvalue weighted by molar-refractivity contribution is 5.84. The summed E-state index contributed by atoms with van der Waals surface area (Å²) in [5, 5.41) is 11.2. The molecular formula is C4H8N2O2. The van der Waals surface area contributed by atoms with Crippen molar-refractivity contribution in [2.24, 2.45) is 5.73 Å². The SMILES string of the molecule is N[C@@H]1C(=O)NC[C@H]1O. The quantitative estimate of drug-likeness (QED) is 0.336. The molecule has 1 aliphatic rings. The Morgan fingerprint density at radius 1 is 1.88 bits per heavy atom. The third kappa shape index (κ3) is 0.677. The van der Waals surface area contributed by atoms with Crippen LogP contribution in [0.5, 0.6) is 0 Å². The van der Waals surface area contributed by atoms with Gasteiger partial charge in [0.2, 0.25) is 5.91 Å². The predicted octanol–water partition coefficient (Wildman–Crippen LogP) is -2.20. The lowest BCUT2D eigenvalue weighted by molar-refractivity contribution is -0.120. The molecule has 0 spiro atoms. The Labute approximate surface area is 46.7 Å². The van der Waals surface area contributed by atoms with Crippen LogP contribution in [0.3, 0.4) is 0 Å². The van der Waals surface area contributed by atoms with Crippen LogP contribution in [-0.4, -0.2) is 29.7 Å². The van der Waals surface area contributed by atoms with Gasteiger partial charge in [0.25, 0.3) is 0 Å². The number of carbonyl (C=O) groups is 1. The molecule has 1 saturated heterocycles. The summed E-state index contributed by atoms with van der Waals surface area (Å²) in [5.41, 5.74) is 5.16. The van der Waals surface area contributed by atoms with E-state index in [1.165, 1.54) is 0 Å². The van der Waals surface area contributed by atoms with E-state index < -0.39 is 12.1 Å². The molecule has 0 aromatic heterocycles. The van der Waals surface area contributed by atoms with Gasteiger partial charge in [-0.1, -0.05) is 0 Å². The van der Waals surface area contributed by atoms with Crippen molar-refractivity contribution in [3.8, 4) is 0 Å². The number of carbonyl (C=O) groups excluding carboxylic acids is 1. The highest BCUT2D eigenvalue weighted by Crippen LogP contribution is 1.95. The first kappa shape index (κ1) is 5.53. The maximum absolute atomic E-state index is 10.4. The minimum absolute atomic E-state index is 0.266. The molecule has 4 heteroatoms. The van der Waals surface area contributed by atoms with Crippen molar-refractivity contribution in [1.29, 1.82) is 0 Å². The smallest absolute Gasteiger partial charge is 0.239 e. The van der Waals surface area contributed by atoms with E-state index in [2.05, 4.69) is 5.32 Å². The lowest BCUT2D eigenvalue weighted by atomic mass is 10.2. The number of rotatable bonds is 0. The van der Waals surface area contributed by atoms with E-state index >= 15 is 0 Å². The topological polar surface area (TPSA) is 75.4 Å². The second kappa shape index (κ2) is 1.72. The number of hydrogen-bond donors (Lipinski definition) is 3. The van der Waals surface area contributed by atoms with Gasteiger partial charge in [0.15, 0.2) is 0 Å². The Morgan fingerprint density at radius 2 is 2.50 bits per heavy atom. The summed E-state index contributed by atoms with van der Waals surface area (Å²) >= 11 is 0. The molecule has 0 saturated carbocycles. The van der Waals surface area contributed by atoms with Gasteiger partial charge in [0.1, 0.15) is 6.04 Å². The normalized spacial score (nSPS) is 37.5. The number of β-amino-alcohol motifs (C(OH)–C–C–N with tert-alkyl or cyclic N) is 1. The average Bonchev–Trinajstić information content (AvgIpc) is 1.98. The molecule has 0 unspecified atom stereocenters. The van der Waals surface area contributed by atoms with Crippen LogP contribution < -0.4 is 11.1 Å². The van der Waals surface area contributed by atoms with Gasteiger partial charge < -0.3 is 16.2 Å². The van der Waals surface area contributed by atoms with Gasteiger partial charge in [-0.3, -0.25) is 4.79 Å². The molecule has 1 aliphatic heterocycles. The van der Waals surface area contributed by atoms with Crippen LogP contribution >= 0.6 is 0 Å². The first-order valence-electron chi connectivity index (χ1n) is 2.43. The molecule has 46 valence electrons. The van der Waals surface area contributed by atoms with Crippen LogP contribution in [-0.2, 0) is 4.79 Å². The molecule has 8 heavy (non-hydrogen) atoms. The number of aliphatic hydroxyl groups is 1. The van der Waals surface area contributed by atoms with E-state index in [-0.39, 0.29) is 5.91 Å². The Kier molecular flexibility index (Phi) is 1.19. The van der Waals surface area contributed by atoms with Gasteiger partial charge in [-0.05, 0) is 0 Å². The molecule has 4 N–H and O–H groups in total. The van der Waals surface area contributed by atoms with Crippen LogP contribution in [0.4, 0.5) is 0 Å². The molecule has 1 heterocycles. The average molecular weight is 116 g/mol. The molecule has 1 fully saturated rings. The number of nitrogens with one attached hydrogen (secondary N) is 1. The van der Waals surface area contributed by atoms with Crippen molar-refractivity contribution in [1.82, 2.24) is 5.32 Å². The van der Waals surface area contributed by atoms with E-state index in [1.54, 1.807) is 0 Å². The Morgan fingerprint density at radius 3 is 2.62 bits per heavy atom. The van der Waals surface area contributed by atoms with E-state index in [1.807, 2.05) is 0 Å². The lowest BCUT2D eigenvalue weighted by Crippen LogP contribution is -2.36. The fraction of sp³-hybridized carbons (Fsp3) is 0.750. The summed E-state index contributed by atoms with van der Waals surface area (Å²) in [6, 6.07) is -0.713. The molecule has 1 rings (SSSR count). The highest BCUT2D eigenvalue weighted by Gasteiger charge is 2.28. The second-order valence-electron chi connectivity index (χ2n) is 1.84. The fourth-order valence-corrected chi connectivity index (χ4v) is 0.625. The molecule has 4 nitrogen and oxygen atoms in total. The first-order chi connectivity index (χ1) is 3.72. The molecule has 2 atom stereocenters. The summed E-state index contributed by atoms with van der Waals surface area (Å²) in [4.78, 5) is 10.4. The van der Waals surface area contributed by atoms with Crippen LogP contribution in [0, 0.1) is 0 Å². The summed E-state index contributed by atoms with van der Waals surface area (Å²) in [6.07, 6.45) is -0.692. The highest BCUT2D eigenvalue weighted by atomic mass is 16.3. The number of hydrogen-bond acceptors (Lipinski definition) is 3. The van der Waals surface area contributed by atoms with Crippen LogP contribution in [0.2, 0.25) is 0 Å². The Bertz CT molecular complexity index is 115. The zero-order chi connectivity index (χ0) is 6.15. The Hall–Kier alpha value is -0.610. The minimum Gasteiger partial charge on any atom is -0.389 e. The van der Waals surface area contributed by atoms with Gasteiger partial charge >= 0.3 is 0 Å². The van der Waals surface area contributed by atoms with Gasteiger partial charge in [-0.2, -0.15) is 0 Å². The van der Waals surface area contributed by atoms with Gasteiger partial charge in [0, 0.05) is 6.54 Å². The molecule has 0 aromatic carbocycles. The summed E-state index contributed by atoms with van der Waals surface area (Å²) in [7, 11) is 0. The molecule has 0 aromatic rings. The monoisotopic (exact) mass is 116 g/mol. The maximum Gasteiger partial charge on any atom is 0.239 e. The lowest BCUT2D eigenvalue weighted by Gasteiger charge is -2.00. The van der Waals surface area contributed by atoms with Gasteiger partial charge in [0.05, 0.1) is 6.10 Å². The summed E-state index contributed by atoms with van der Waals surface area (Å²) in [5.74, 6) is -0.266. The first-order valence-corrected chi connectivity index (χ1v) is 2.43. The molecule has 1 amide bonds. The van der Waals surface area contributed by atoms with Crippen molar-refractivity contribution >= 4 is 5.91 Å². The zero-order valence-electron chi connectivity index (χ0n) is 4.29. The number of amides is 1. The minimum atomic E-state index is -0.713. The molecule has 0 radical (unpaired) electrons. The third-order valence-electron chi connectivity index (χ3n) is 1.20. The van der Waals surface area contributed by atoms with E-state index in [9.17, 15) is 4.79 Å². The van der Waals surface area contributed by atoms with Crippen molar-refractivity contribution in [3.05, 3.63) is 0 Å². The second-order valence-corrected chi connectivity index (χ2v) is 1.84. The summed E-state index contributed by atoms with van der Waals surface area (Å²) in [6.45, 7) is 0.292. The van der Waals surface area contributed by atoms with Crippen LogP contribution in [0.15, 0.2) is 0 Å². The van der Waals surface area contributed by atoms with Crippen LogP contribution in [0.25, 0.3) is 0 Å². The number of aliphatic hydroxyl groups excluding tert-OH is 1. The van der Waals surface area contributed by atoms with Gasteiger partial charge in [-0.25, -0.2) is 0 Å². The Balaban J connectivity index is 2.56. The predicted molar refractivity (Wildman–Crippen MR) is 27.0 cm³/mol. The third-order valence-corrected chi connectivity index (χ3v) is 1.20. The van der Waals surface area contributed by atoms with Crippen molar-refractivity contribution in [3.63, 3.8) is 0 Å². The maximum atomic E-state index is 10.4. The zero-order valence-corrected chi connectivity index (χ0v) is 4.29. The number of nitrogens with two attached hydrogens (primary N) is 1. The van der Waals surface area contributed by atoms with Crippen molar-refractivity contribution in [2.45, 2.75) is 12.1 Å². The standard InChI is InChI=1S/C4H8N2O2/c5-3-2(7)1-6-4(3)8/h2-3,7H,1,5H2,(H,6,8)/t2-,3+/m1/s1.